The van der Waals surface area contributed by atoms with E-state index in [1.165, 1.54) is 0 Å². The largest absolute Gasteiger partial charge is 0.474 e. The molecule has 0 aliphatic heterocycles. The molecule has 0 fully saturated rings. The molecule has 0 bridgehead atoms. The van der Waals surface area contributed by atoms with Crippen molar-refractivity contribution in [2.45, 2.75) is 13.0 Å². The van der Waals surface area contributed by atoms with Crippen molar-refractivity contribution in [1.82, 2.24) is 5.43 Å². The van der Waals surface area contributed by atoms with Gasteiger partial charge < -0.3 is 4.74 Å². The number of hydrogen-bond donors (Lipinski definition) is 2. The average molecular weight is 270 g/mol. The summed E-state index contributed by atoms with van der Waals surface area (Å²) < 4.78 is 68.8. The molecule has 0 aliphatic carbocycles. The molecule has 1 aromatic rings. The molecule has 0 saturated heterocycles. The molecular weight excluding hydrogens is 263 g/mol. The van der Waals surface area contributed by atoms with E-state index in [0.29, 0.717) is 0 Å². The van der Waals surface area contributed by atoms with Crippen LogP contribution in [0.2, 0.25) is 0 Å². The summed E-state index contributed by atoms with van der Waals surface area (Å²) >= 11 is 0. The number of nitrogens with one attached hydrogen (secondary N) is 1. The van der Waals surface area contributed by atoms with Crippen LogP contribution in [0.25, 0.3) is 0 Å². The van der Waals surface area contributed by atoms with Gasteiger partial charge in [-0.25, -0.2) is 19.0 Å². The second kappa shape index (κ2) is 5.17. The molecule has 0 spiro atoms. The Morgan fingerprint density at radius 1 is 1.06 bits per heavy atom. The highest BCUT2D eigenvalue weighted by atomic mass is 19.2. The molecule has 4 nitrogen and oxygen atoms in total. The quantitative estimate of drug-likeness (QED) is 0.216. The van der Waals surface area contributed by atoms with Gasteiger partial charge in [-0.2, -0.15) is 8.78 Å². The second-order valence-corrected chi connectivity index (χ2v) is 3.17. The number of carbonyl (C=O) groups is 1. The van der Waals surface area contributed by atoms with Crippen molar-refractivity contribution < 1.29 is 31.5 Å². The van der Waals surface area contributed by atoms with Gasteiger partial charge in [0.2, 0.25) is 29.1 Å². The van der Waals surface area contributed by atoms with Gasteiger partial charge in [-0.15, -0.1) is 0 Å². The van der Waals surface area contributed by atoms with Crippen molar-refractivity contribution in [3.63, 3.8) is 0 Å². The zero-order valence-electron chi connectivity index (χ0n) is 8.86. The third kappa shape index (κ3) is 2.35. The van der Waals surface area contributed by atoms with Crippen LogP contribution in [-0.2, 0) is 4.79 Å². The molecule has 0 aliphatic rings. The molecule has 9 heteroatoms. The van der Waals surface area contributed by atoms with Crippen LogP contribution in [0.15, 0.2) is 0 Å². The van der Waals surface area contributed by atoms with Crippen LogP contribution in [0, 0.1) is 29.1 Å². The van der Waals surface area contributed by atoms with Crippen LogP contribution in [0.3, 0.4) is 0 Å². The number of amides is 1. The lowest BCUT2D eigenvalue weighted by Crippen LogP contribution is -2.40. The van der Waals surface area contributed by atoms with E-state index in [2.05, 4.69) is 4.74 Å². The third-order valence-corrected chi connectivity index (χ3v) is 1.98. The first-order valence-corrected chi connectivity index (χ1v) is 4.49. The van der Waals surface area contributed by atoms with Gasteiger partial charge >= 0.3 is 0 Å². The topological polar surface area (TPSA) is 64.3 Å². The van der Waals surface area contributed by atoms with E-state index in [9.17, 15) is 26.7 Å². The molecular formula is C9H7F5N2O2. The van der Waals surface area contributed by atoms with Gasteiger partial charge in [-0.3, -0.25) is 10.2 Å². The van der Waals surface area contributed by atoms with Crippen LogP contribution in [0.1, 0.15) is 6.92 Å². The minimum Gasteiger partial charge on any atom is -0.474 e. The third-order valence-electron chi connectivity index (χ3n) is 1.98. The van der Waals surface area contributed by atoms with Crippen LogP contribution < -0.4 is 16.0 Å². The van der Waals surface area contributed by atoms with Crippen LogP contribution in [0.4, 0.5) is 22.0 Å². The first kappa shape index (κ1) is 14.2. The maximum Gasteiger partial charge on any atom is 0.274 e. The van der Waals surface area contributed by atoms with Gasteiger partial charge in [0.05, 0.1) is 0 Å². The van der Waals surface area contributed by atoms with E-state index < -0.39 is 46.8 Å². The van der Waals surface area contributed by atoms with Crippen LogP contribution in [0.5, 0.6) is 5.75 Å². The highest BCUT2D eigenvalue weighted by Crippen LogP contribution is 2.29. The van der Waals surface area contributed by atoms with Crippen molar-refractivity contribution in [3.8, 4) is 5.75 Å². The SMILES string of the molecule is CC(Oc1c(F)c(F)c(F)c(F)c1F)C(=O)NN. The molecule has 0 aromatic heterocycles. The Bertz CT molecular complexity index is 465. The van der Waals surface area contributed by atoms with E-state index in [1.807, 2.05) is 0 Å². The zero-order chi connectivity index (χ0) is 14.0. The molecule has 3 N–H and O–H groups in total. The fraction of sp³-hybridized carbons (Fsp3) is 0.222. The number of hydrazine groups is 1. The summed E-state index contributed by atoms with van der Waals surface area (Å²) in [7, 11) is 0. The summed E-state index contributed by atoms with van der Waals surface area (Å²) in [5.74, 6) is -8.79. The van der Waals surface area contributed by atoms with Gasteiger partial charge in [0.15, 0.2) is 11.9 Å². The lowest BCUT2D eigenvalue weighted by Gasteiger charge is -2.14. The Kier molecular flexibility index (Phi) is 4.07. The first-order valence-electron chi connectivity index (χ1n) is 4.49. The first-order chi connectivity index (χ1) is 8.31. The number of carbonyl (C=O) groups excluding carboxylic acids is 1. The number of benzene rings is 1. The normalized spacial score (nSPS) is 12.2. The Balaban J connectivity index is 3.22. The molecule has 1 amide bonds. The van der Waals surface area contributed by atoms with Gasteiger partial charge in [-0.1, -0.05) is 0 Å². The summed E-state index contributed by atoms with van der Waals surface area (Å²) in [5.41, 5.74) is 1.59. The fourth-order valence-electron chi connectivity index (χ4n) is 1.04. The number of hydrogen-bond acceptors (Lipinski definition) is 3. The molecule has 100 valence electrons. The summed E-state index contributed by atoms with van der Waals surface area (Å²) in [5, 5.41) is 0. The molecule has 1 rings (SSSR count). The van der Waals surface area contributed by atoms with E-state index in [0.717, 1.165) is 6.92 Å². The zero-order valence-corrected chi connectivity index (χ0v) is 8.86. The van der Waals surface area contributed by atoms with Crippen molar-refractivity contribution in [1.29, 1.82) is 0 Å². The Morgan fingerprint density at radius 3 is 1.83 bits per heavy atom. The maximum atomic E-state index is 13.1. The standard InChI is InChI=1S/C9H7F5N2O2/c1-2(9(17)16-15)18-8-6(13)4(11)3(10)5(12)7(8)14/h2H,15H2,1H3,(H,16,17). The highest BCUT2D eigenvalue weighted by Gasteiger charge is 2.29. The molecule has 0 radical (unpaired) electrons. The Hall–Kier alpha value is -1.90. The van der Waals surface area contributed by atoms with Crippen LogP contribution in [-0.4, -0.2) is 12.0 Å². The monoisotopic (exact) mass is 270 g/mol. The summed E-state index contributed by atoms with van der Waals surface area (Å²) in [6.45, 7) is 1.01. The van der Waals surface area contributed by atoms with E-state index in [-0.39, 0.29) is 0 Å². The molecule has 0 saturated carbocycles. The fourth-order valence-corrected chi connectivity index (χ4v) is 1.04. The van der Waals surface area contributed by atoms with Gasteiger partial charge in [0.1, 0.15) is 0 Å². The smallest absolute Gasteiger partial charge is 0.274 e. The number of rotatable bonds is 3. The maximum absolute atomic E-state index is 13.1. The number of ether oxygens (including phenoxy) is 1. The highest BCUT2D eigenvalue weighted by molar-refractivity contribution is 5.80. The molecule has 0 heterocycles. The van der Waals surface area contributed by atoms with Crippen molar-refractivity contribution in [2.75, 3.05) is 0 Å². The summed E-state index contributed by atoms with van der Waals surface area (Å²) in [6, 6.07) is 0. The number of halogens is 5. The van der Waals surface area contributed by atoms with Gasteiger partial charge in [-0.05, 0) is 6.92 Å². The van der Waals surface area contributed by atoms with Crippen LogP contribution >= 0.6 is 0 Å². The van der Waals surface area contributed by atoms with E-state index in [1.54, 1.807) is 5.43 Å². The number of nitrogens with two attached hydrogens (primary N) is 1. The van der Waals surface area contributed by atoms with Crippen molar-refractivity contribution >= 4 is 5.91 Å². The van der Waals surface area contributed by atoms with Crippen molar-refractivity contribution in [2.24, 2.45) is 5.84 Å². The lowest BCUT2D eigenvalue weighted by atomic mass is 10.2. The average Bonchev–Trinajstić information content (AvgIpc) is 2.37. The Morgan fingerprint density at radius 2 is 1.44 bits per heavy atom. The van der Waals surface area contributed by atoms with Gasteiger partial charge in [0.25, 0.3) is 5.91 Å². The lowest BCUT2D eigenvalue weighted by molar-refractivity contribution is -0.127. The molecule has 1 atom stereocenters. The minimum atomic E-state index is -2.31. The summed E-state index contributed by atoms with van der Waals surface area (Å²) in [6.07, 6.45) is -1.54. The molecule has 1 aromatic carbocycles. The minimum absolute atomic E-state index is 1.00. The van der Waals surface area contributed by atoms with Crippen molar-refractivity contribution in [3.05, 3.63) is 29.1 Å². The van der Waals surface area contributed by atoms with Gasteiger partial charge in [0, 0.05) is 0 Å². The predicted octanol–water partition coefficient (Wildman–Crippen LogP) is 1.14. The van der Waals surface area contributed by atoms with E-state index in [4.69, 9.17) is 5.84 Å². The second-order valence-electron chi connectivity index (χ2n) is 3.17. The summed E-state index contributed by atoms with van der Waals surface area (Å²) in [4.78, 5) is 10.9. The molecule has 1 unspecified atom stereocenters. The molecule has 18 heavy (non-hydrogen) atoms. The van der Waals surface area contributed by atoms with E-state index >= 15 is 0 Å². The predicted molar refractivity (Wildman–Crippen MR) is 48.7 cm³/mol. The Labute approximate surface area is 97.5 Å².